The molecule has 0 bridgehead atoms. The van der Waals surface area contributed by atoms with Crippen LogP contribution in [0.1, 0.15) is 19.3 Å². The third-order valence-corrected chi connectivity index (χ3v) is 2.89. The van der Waals surface area contributed by atoms with Crippen molar-refractivity contribution in [1.29, 1.82) is 0 Å². The van der Waals surface area contributed by atoms with Crippen molar-refractivity contribution >= 4 is 11.9 Å². The van der Waals surface area contributed by atoms with Gasteiger partial charge < -0.3 is 19.9 Å². The normalized spacial score (nSPS) is 21.6. The average molecular weight is 259 g/mol. The first kappa shape index (κ1) is 14.9. The number of hydrogen-bond donors (Lipinski definition) is 2. The minimum atomic E-state index is -0.873. The molecule has 0 aliphatic heterocycles. The predicted molar refractivity (Wildman–Crippen MR) is 64.2 cm³/mol. The van der Waals surface area contributed by atoms with E-state index in [4.69, 9.17) is 14.6 Å². The number of carbonyl (C=O) groups excluding carboxylic acids is 1. The molecule has 0 radical (unpaired) electrons. The topological polar surface area (TPSA) is 84.9 Å². The molecule has 1 saturated carbocycles. The molecule has 104 valence electrons. The van der Waals surface area contributed by atoms with E-state index in [-0.39, 0.29) is 11.8 Å². The minimum Gasteiger partial charge on any atom is -0.481 e. The highest BCUT2D eigenvalue weighted by Gasteiger charge is 2.48. The van der Waals surface area contributed by atoms with E-state index >= 15 is 0 Å². The van der Waals surface area contributed by atoms with E-state index < -0.39 is 11.9 Å². The second kappa shape index (κ2) is 8.05. The van der Waals surface area contributed by atoms with Crippen LogP contribution < -0.4 is 5.32 Å². The molecule has 2 unspecified atom stereocenters. The summed E-state index contributed by atoms with van der Waals surface area (Å²) < 4.78 is 10.1. The Morgan fingerprint density at radius 1 is 1.22 bits per heavy atom. The van der Waals surface area contributed by atoms with Crippen molar-refractivity contribution in [1.82, 2.24) is 5.32 Å². The fourth-order valence-electron chi connectivity index (χ4n) is 1.67. The minimum absolute atomic E-state index is 0.136. The average Bonchev–Trinajstić information content (AvgIpc) is 3.12. The van der Waals surface area contributed by atoms with Gasteiger partial charge >= 0.3 is 5.97 Å². The number of methoxy groups -OCH3 is 1. The Labute approximate surface area is 107 Å². The van der Waals surface area contributed by atoms with Crippen LogP contribution in [0.4, 0.5) is 0 Å². The summed E-state index contributed by atoms with van der Waals surface area (Å²) in [5, 5.41) is 11.4. The Morgan fingerprint density at radius 3 is 2.61 bits per heavy atom. The fourth-order valence-corrected chi connectivity index (χ4v) is 1.67. The molecule has 1 aliphatic carbocycles. The number of ether oxygens (including phenoxy) is 2. The van der Waals surface area contributed by atoms with Crippen LogP contribution in [0.5, 0.6) is 0 Å². The lowest BCUT2D eigenvalue weighted by Gasteiger charge is -2.05. The number of unbranched alkanes of at least 4 members (excludes halogenated alkanes) is 1. The van der Waals surface area contributed by atoms with Crippen LogP contribution in [0, 0.1) is 11.8 Å². The highest BCUT2D eigenvalue weighted by molar-refractivity contribution is 5.89. The van der Waals surface area contributed by atoms with Crippen LogP contribution in [-0.4, -0.2) is 50.5 Å². The summed E-state index contributed by atoms with van der Waals surface area (Å²) >= 11 is 0. The molecular formula is C12H21NO5. The van der Waals surface area contributed by atoms with Gasteiger partial charge in [-0.1, -0.05) is 0 Å². The molecular weight excluding hydrogens is 238 g/mol. The van der Waals surface area contributed by atoms with Gasteiger partial charge in [-0.3, -0.25) is 9.59 Å². The Balaban J connectivity index is 1.89. The van der Waals surface area contributed by atoms with Gasteiger partial charge in [0.2, 0.25) is 5.91 Å². The lowest BCUT2D eigenvalue weighted by Crippen LogP contribution is -2.27. The Kier molecular flexibility index (Phi) is 6.67. The van der Waals surface area contributed by atoms with Gasteiger partial charge in [-0.25, -0.2) is 0 Å². The van der Waals surface area contributed by atoms with Crippen LogP contribution in [0.25, 0.3) is 0 Å². The molecule has 2 N–H and O–H groups in total. The summed E-state index contributed by atoms with van der Waals surface area (Å²) in [6.07, 6.45) is 2.18. The van der Waals surface area contributed by atoms with Crippen molar-refractivity contribution in [2.75, 3.05) is 33.5 Å². The molecule has 6 heteroatoms. The van der Waals surface area contributed by atoms with E-state index in [0.717, 1.165) is 12.8 Å². The van der Waals surface area contributed by atoms with E-state index in [1.54, 1.807) is 7.11 Å². The standard InChI is InChI=1S/C12H21NO5/c1-17-6-7-18-5-3-2-4-13-11(14)9-8-10(9)12(15)16/h9-10H,2-8H2,1H3,(H,13,14)(H,15,16). The van der Waals surface area contributed by atoms with Gasteiger partial charge in [-0.2, -0.15) is 0 Å². The molecule has 2 atom stereocenters. The summed E-state index contributed by atoms with van der Waals surface area (Å²) in [7, 11) is 1.63. The van der Waals surface area contributed by atoms with Crippen LogP contribution in [0.15, 0.2) is 0 Å². The van der Waals surface area contributed by atoms with Crippen LogP contribution >= 0.6 is 0 Å². The lowest BCUT2D eigenvalue weighted by atomic mass is 10.3. The van der Waals surface area contributed by atoms with E-state index in [1.165, 1.54) is 0 Å². The first-order chi connectivity index (χ1) is 8.66. The molecule has 6 nitrogen and oxygen atoms in total. The van der Waals surface area contributed by atoms with Gasteiger partial charge in [0.25, 0.3) is 0 Å². The number of amides is 1. The summed E-state index contributed by atoms with van der Waals surface area (Å²) in [6, 6.07) is 0. The van der Waals surface area contributed by atoms with Crippen molar-refractivity contribution in [2.45, 2.75) is 19.3 Å². The zero-order valence-electron chi connectivity index (χ0n) is 10.7. The third-order valence-electron chi connectivity index (χ3n) is 2.89. The van der Waals surface area contributed by atoms with Crippen molar-refractivity contribution in [3.8, 4) is 0 Å². The summed E-state index contributed by atoms with van der Waals surface area (Å²) in [6.45, 7) is 2.41. The van der Waals surface area contributed by atoms with E-state index in [0.29, 0.717) is 32.8 Å². The maximum absolute atomic E-state index is 11.5. The summed E-state index contributed by atoms with van der Waals surface area (Å²) in [5.74, 6) is -1.80. The van der Waals surface area contributed by atoms with Gasteiger partial charge in [0.15, 0.2) is 0 Å². The summed E-state index contributed by atoms with van der Waals surface area (Å²) in [5.41, 5.74) is 0. The van der Waals surface area contributed by atoms with Gasteiger partial charge in [0.1, 0.15) is 0 Å². The Hall–Kier alpha value is -1.14. The molecule has 1 aliphatic rings. The Bertz CT molecular complexity index is 282. The molecule has 0 aromatic carbocycles. The third kappa shape index (κ3) is 5.46. The number of hydrogen-bond acceptors (Lipinski definition) is 4. The molecule has 0 heterocycles. The molecule has 0 aromatic rings. The SMILES string of the molecule is COCCOCCCCNC(=O)C1CC1C(=O)O. The summed E-state index contributed by atoms with van der Waals surface area (Å²) in [4.78, 5) is 22.0. The lowest BCUT2D eigenvalue weighted by molar-refractivity contribution is -0.140. The Morgan fingerprint density at radius 2 is 2.00 bits per heavy atom. The molecule has 1 fully saturated rings. The number of rotatable bonds is 10. The smallest absolute Gasteiger partial charge is 0.307 e. The van der Waals surface area contributed by atoms with Gasteiger partial charge in [0.05, 0.1) is 25.0 Å². The van der Waals surface area contributed by atoms with Crippen molar-refractivity contribution in [3.63, 3.8) is 0 Å². The van der Waals surface area contributed by atoms with Gasteiger partial charge in [-0.05, 0) is 19.3 Å². The molecule has 1 rings (SSSR count). The zero-order valence-corrected chi connectivity index (χ0v) is 10.7. The van der Waals surface area contributed by atoms with E-state index in [9.17, 15) is 9.59 Å². The number of carbonyl (C=O) groups is 2. The maximum atomic E-state index is 11.5. The van der Waals surface area contributed by atoms with Crippen LogP contribution in [0.2, 0.25) is 0 Å². The highest BCUT2D eigenvalue weighted by atomic mass is 16.5. The molecule has 0 aromatic heterocycles. The molecule has 0 saturated heterocycles. The number of carboxylic acid groups (broad SMARTS) is 1. The zero-order chi connectivity index (χ0) is 13.4. The van der Waals surface area contributed by atoms with Gasteiger partial charge in [-0.15, -0.1) is 0 Å². The molecule has 0 spiro atoms. The van der Waals surface area contributed by atoms with Gasteiger partial charge in [0, 0.05) is 20.3 Å². The quantitative estimate of drug-likeness (QED) is 0.550. The van der Waals surface area contributed by atoms with E-state index in [2.05, 4.69) is 5.32 Å². The second-order valence-corrected chi connectivity index (χ2v) is 4.39. The first-order valence-corrected chi connectivity index (χ1v) is 6.24. The maximum Gasteiger partial charge on any atom is 0.307 e. The van der Waals surface area contributed by atoms with Crippen LogP contribution in [0.3, 0.4) is 0 Å². The van der Waals surface area contributed by atoms with Crippen LogP contribution in [-0.2, 0) is 19.1 Å². The molecule has 18 heavy (non-hydrogen) atoms. The van der Waals surface area contributed by atoms with Crippen molar-refractivity contribution in [2.24, 2.45) is 11.8 Å². The largest absolute Gasteiger partial charge is 0.481 e. The number of aliphatic carboxylic acids is 1. The second-order valence-electron chi connectivity index (χ2n) is 4.39. The number of carboxylic acids is 1. The van der Waals surface area contributed by atoms with Crippen molar-refractivity contribution in [3.05, 3.63) is 0 Å². The van der Waals surface area contributed by atoms with Crippen molar-refractivity contribution < 1.29 is 24.2 Å². The monoisotopic (exact) mass is 259 g/mol. The highest BCUT2D eigenvalue weighted by Crippen LogP contribution is 2.38. The van der Waals surface area contributed by atoms with E-state index in [1.807, 2.05) is 0 Å². The number of nitrogens with one attached hydrogen (secondary N) is 1. The predicted octanol–water partition coefficient (Wildman–Crippen LogP) is 0.267. The fraction of sp³-hybridized carbons (Fsp3) is 0.833. The molecule has 1 amide bonds. The first-order valence-electron chi connectivity index (χ1n) is 6.24.